The molecular weight excluding hydrogens is 322 g/mol. The maximum atomic E-state index is 12.6. The lowest BCUT2D eigenvalue weighted by molar-refractivity contribution is -0.117. The predicted octanol–water partition coefficient (Wildman–Crippen LogP) is 2.76. The molecular formula is C17H19N5OS. The number of aromatic nitrogens is 4. The maximum absolute atomic E-state index is 12.6. The molecule has 0 N–H and O–H groups in total. The largest absolute Gasteiger partial charge is 0.290 e. The second kappa shape index (κ2) is 6.52. The minimum absolute atomic E-state index is 0.0232. The molecule has 0 fully saturated rings. The number of anilines is 1. The summed E-state index contributed by atoms with van der Waals surface area (Å²) in [6.07, 6.45) is 0.308. The molecule has 1 aromatic carbocycles. The van der Waals surface area contributed by atoms with Gasteiger partial charge in [0.25, 0.3) is 0 Å². The standard InChI is InChI=1S/C17H19N5OS/c1-11-14(12(2)22(4)19-11)10-15(23)21(3)17-18-16(20-24-17)13-8-6-5-7-9-13/h5-9H,10H2,1-4H3. The van der Waals surface area contributed by atoms with E-state index in [4.69, 9.17) is 0 Å². The second-order valence-electron chi connectivity index (χ2n) is 5.67. The zero-order valence-electron chi connectivity index (χ0n) is 14.1. The first-order chi connectivity index (χ1) is 11.5. The van der Waals surface area contributed by atoms with E-state index in [0.717, 1.165) is 22.5 Å². The highest BCUT2D eigenvalue weighted by Gasteiger charge is 2.20. The van der Waals surface area contributed by atoms with Crippen LogP contribution in [0.3, 0.4) is 0 Å². The van der Waals surface area contributed by atoms with Gasteiger partial charge < -0.3 is 0 Å². The Morgan fingerprint density at radius 3 is 2.58 bits per heavy atom. The Hall–Kier alpha value is -2.54. The zero-order chi connectivity index (χ0) is 17.3. The smallest absolute Gasteiger partial charge is 0.233 e. The third-order valence-corrected chi connectivity index (χ3v) is 4.89. The lowest BCUT2D eigenvalue weighted by atomic mass is 10.1. The van der Waals surface area contributed by atoms with E-state index in [9.17, 15) is 4.79 Å². The highest BCUT2D eigenvalue weighted by atomic mass is 32.1. The Labute approximate surface area is 144 Å². The number of aryl methyl sites for hydroxylation is 2. The molecule has 0 aliphatic rings. The van der Waals surface area contributed by atoms with Crippen molar-refractivity contribution in [2.75, 3.05) is 11.9 Å². The van der Waals surface area contributed by atoms with Crippen molar-refractivity contribution in [2.45, 2.75) is 20.3 Å². The second-order valence-corrected chi connectivity index (χ2v) is 6.40. The van der Waals surface area contributed by atoms with E-state index in [2.05, 4.69) is 14.5 Å². The van der Waals surface area contributed by atoms with Crippen LogP contribution < -0.4 is 4.90 Å². The lowest BCUT2D eigenvalue weighted by Gasteiger charge is -2.13. The Kier molecular flexibility index (Phi) is 4.44. The van der Waals surface area contributed by atoms with Gasteiger partial charge in [0.05, 0.1) is 12.1 Å². The molecule has 124 valence electrons. The minimum Gasteiger partial charge on any atom is -0.290 e. The van der Waals surface area contributed by atoms with E-state index in [0.29, 0.717) is 17.4 Å². The van der Waals surface area contributed by atoms with Gasteiger partial charge in [-0.25, -0.2) is 0 Å². The molecule has 6 nitrogen and oxygen atoms in total. The first kappa shape index (κ1) is 16.3. The van der Waals surface area contributed by atoms with Gasteiger partial charge in [-0.3, -0.25) is 14.4 Å². The quantitative estimate of drug-likeness (QED) is 0.732. The van der Waals surface area contributed by atoms with Crippen LogP contribution in [0.25, 0.3) is 11.4 Å². The molecule has 3 rings (SSSR count). The minimum atomic E-state index is -0.0232. The fraction of sp³-hybridized carbons (Fsp3) is 0.294. The SMILES string of the molecule is Cc1nn(C)c(C)c1CC(=O)N(C)c1nc(-c2ccccc2)ns1. The lowest BCUT2D eigenvalue weighted by Crippen LogP contribution is -2.28. The number of likely N-dealkylation sites (N-methyl/N-ethyl adjacent to an activating group) is 1. The van der Waals surface area contributed by atoms with Crippen LogP contribution in [0.1, 0.15) is 17.0 Å². The summed E-state index contributed by atoms with van der Waals surface area (Å²) in [6.45, 7) is 3.90. The zero-order valence-corrected chi connectivity index (χ0v) is 15.0. The molecule has 0 aliphatic heterocycles. The van der Waals surface area contributed by atoms with Gasteiger partial charge in [0.15, 0.2) is 5.82 Å². The molecule has 2 aromatic heterocycles. The molecule has 3 aromatic rings. The van der Waals surface area contributed by atoms with Crippen LogP contribution in [0.15, 0.2) is 30.3 Å². The van der Waals surface area contributed by atoms with Gasteiger partial charge >= 0.3 is 0 Å². The van der Waals surface area contributed by atoms with Gasteiger partial charge in [0.1, 0.15) is 0 Å². The molecule has 0 radical (unpaired) electrons. The molecule has 7 heteroatoms. The molecule has 0 atom stereocenters. The van der Waals surface area contributed by atoms with Crippen LogP contribution in [-0.4, -0.2) is 32.1 Å². The van der Waals surface area contributed by atoms with E-state index < -0.39 is 0 Å². The average molecular weight is 341 g/mol. The monoisotopic (exact) mass is 341 g/mol. The summed E-state index contributed by atoms with van der Waals surface area (Å²) in [5.41, 5.74) is 3.82. The van der Waals surface area contributed by atoms with Crippen molar-refractivity contribution in [3.05, 3.63) is 47.3 Å². The molecule has 1 amide bonds. The summed E-state index contributed by atoms with van der Waals surface area (Å²) < 4.78 is 6.16. The van der Waals surface area contributed by atoms with Gasteiger partial charge in [-0.1, -0.05) is 30.3 Å². The molecule has 0 saturated carbocycles. The summed E-state index contributed by atoms with van der Waals surface area (Å²) in [4.78, 5) is 18.7. The fourth-order valence-corrected chi connectivity index (χ4v) is 3.17. The first-order valence-electron chi connectivity index (χ1n) is 7.62. The molecule has 0 unspecified atom stereocenters. The summed E-state index contributed by atoms with van der Waals surface area (Å²) in [5.74, 6) is 0.619. The van der Waals surface area contributed by atoms with E-state index >= 15 is 0 Å². The van der Waals surface area contributed by atoms with Crippen LogP contribution in [0.4, 0.5) is 5.13 Å². The van der Waals surface area contributed by atoms with E-state index in [1.54, 1.807) is 16.6 Å². The normalized spacial score (nSPS) is 10.8. The van der Waals surface area contributed by atoms with Crippen molar-refractivity contribution in [3.8, 4) is 11.4 Å². The molecule has 2 heterocycles. The van der Waals surface area contributed by atoms with Crippen LogP contribution in [0, 0.1) is 13.8 Å². The Bertz CT molecular complexity index is 868. The van der Waals surface area contributed by atoms with Crippen molar-refractivity contribution in [1.29, 1.82) is 0 Å². The Morgan fingerprint density at radius 1 is 1.25 bits per heavy atom. The third-order valence-electron chi connectivity index (χ3n) is 4.10. The van der Waals surface area contributed by atoms with Crippen molar-refractivity contribution >= 4 is 22.6 Å². The Balaban J connectivity index is 1.78. The maximum Gasteiger partial charge on any atom is 0.233 e. The topological polar surface area (TPSA) is 63.9 Å². The van der Waals surface area contributed by atoms with Crippen LogP contribution >= 0.6 is 11.5 Å². The molecule has 0 saturated heterocycles. The first-order valence-corrected chi connectivity index (χ1v) is 8.39. The summed E-state index contributed by atoms with van der Waals surface area (Å²) in [6, 6.07) is 9.74. The molecule has 24 heavy (non-hydrogen) atoms. The van der Waals surface area contributed by atoms with Gasteiger partial charge in [0.2, 0.25) is 11.0 Å². The van der Waals surface area contributed by atoms with Crippen molar-refractivity contribution in [2.24, 2.45) is 7.05 Å². The van der Waals surface area contributed by atoms with E-state index in [1.807, 2.05) is 51.2 Å². The van der Waals surface area contributed by atoms with Gasteiger partial charge in [-0.2, -0.15) is 14.5 Å². The van der Waals surface area contributed by atoms with Crippen LogP contribution in [0.5, 0.6) is 0 Å². The number of rotatable bonds is 4. The number of amides is 1. The van der Waals surface area contributed by atoms with Gasteiger partial charge in [-0.05, 0) is 13.8 Å². The number of carbonyl (C=O) groups is 1. The van der Waals surface area contributed by atoms with Gasteiger partial charge in [-0.15, -0.1) is 0 Å². The van der Waals surface area contributed by atoms with E-state index in [1.165, 1.54) is 11.5 Å². The number of hydrogen-bond acceptors (Lipinski definition) is 5. The number of hydrogen-bond donors (Lipinski definition) is 0. The van der Waals surface area contributed by atoms with Crippen molar-refractivity contribution < 1.29 is 4.79 Å². The summed E-state index contributed by atoms with van der Waals surface area (Å²) in [7, 11) is 3.62. The molecule has 0 bridgehead atoms. The predicted molar refractivity (Wildman–Crippen MR) is 95.1 cm³/mol. The summed E-state index contributed by atoms with van der Waals surface area (Å²) >= 11 is 1.23. The molecule has 0 spiro atoms. The number of benzene rings is 1. The molecule has 0 aliphatic carbocycles. The highest BCUT2D eigenvalue weighted by molar-refractivity contribution is 7.10. The number of carbonyl (C=O) groups excluding carboxylic acids is 1. The average Bonchev–Trinajstić information content (AvgIpc) is 3.16. The third kappa shape index (κ3) is 3.07. The van der Waals surface area contributed by atoms with Crippen molar-refractivity contribution in [3.63, 3.8) is 0 Å². The Morgan fingerprint density at radius 2 is 1.96 bits per heavy atom. The number of nitrogens with zero attached hydrogens (tertiary/aromatic N) is 5. The van der Waals surface area contributed by atoms with Crippen molar-refractivity contribution in [1.82, 2.24) is 19.1 Å². The van der Waals surface area contributed by atoms with E-state index in [-0.39, 0.29) is 5.91 Å². The van der Waals surface area contributed by atoms with Crippen LogP contribution in [0.2, 0.25) is 0 Å². The fourth-order valence-electron chi connectivity index (χ4n) is 2.51. The highest BCUT2D eigenvalue weighted by Crippen LogP contribution is 2.24. The summed E-state index contributed by atoms with van der Waals surface area (Å²) in [5, 5.41) is 4.96. The van der Waals surface area contributed by atoms with Crippen LogP contribution in [-0.2, 0) is 18.3 Å². The van der Waals surface area contributed by atoms with Gasteiger partial charge in [0, 0.05) is 42.4 Å².